The standard InChI is InChI=1S/C16H15ClO2/c1-11-10-14(17)8-9-15(11)19-12(2)16(18)13-6-4-3-5-7-13/h3-10,12H,1-2H3. The third-order valence-electron chi connectivity index (χ3n) is 2.87. The largest absolute Gasteiger partial charge is 0.482 e. The van der Waals surface area contributed by atoms with Crippen LogP contribution in [-0.4, -0.2) is 11.9 Å². The van der Waals surface area contributed by atoms with Crippen LogP contribution in [0.4, 0.5) is 0 Å². The summed E-state index contributed by atoms with van der Waals surface area (Å²) >= 11 is 5.89. The van der Waals surface area contributed by atoms with Gasteiger partial charge in [-0.15, -0.1) is 0 Å². The van der Waals surface area contributed by atoms with E-state index in [1.54, 1.807) is 31.2 Å². The Kier molecular flexibility index (Phi) is 4.23. The summed E-state index contributed by atoms with van der Waals surface area (Å²) in [5.74, 6) is 0.649. The van der Waals surface area contributed by atoms with Crippen molar-refractivity contribution in [2.24, 2.45) is 0 Å². The molecule has 2 nitrogen and oxygen atoms in total. The predicted octanol–water partition coefficient (Wildman–Crippen LogP) is 4.30. The maximum absolute atomic E-state index is 12.2. The molecule has 0 heterocycles. The summed E-state index contributed by atoms with van der Waals surface area (Å²) in [6.07, 6.45) is -0.526. The van der Waals surface area contributed by atoms with Crippen molar-refractivity contribution in [1.82, 2.24) is 0 Å². The van der Waals surface area contributed by atoms with E-state index in [0.717, 1.165) is 5.56 Å². The molecule has 3 heteroatoms. The van der Waals surface area contributed by atoms with E-state index in [1.807, 2.05) is 31.2 Å². The van der Waals surface area contributed by atoms with Crippen LogP contribution in [0.3, 0.4) is 0 Å². The number of carbonyl (C=O) groups excluding carboxylic acids is 1. The molecule has 0 aliphatic carbocycles. The number of ketones is 1. The second-order valence-electron chi connectivity index (χ2n) is 4.40. The number of Topliss-reactive ketones (excluding diaryl/α,β-unsaturated/α-hetero) is 1. The van der Waals surface area contributed by atoms with Gasteiger partial charge in [-0.3, -0.25) is 4.79 Å². The first kappa shape index (κ1) is 13.6. The van der Waals surface area contributed by atoms with Crippen molar-refractivity contribution in [2.45, 2.75) is 20.0 Å². The zero-order chi connectivity index (χ0) is 13.8. The van der Waals surface area contributed by atoms with E-state index in [9.17, 15) is 4.79 Å². The summed E-state index contributed by atoms with van der Waals surface area (Å²) in [6, 6.07) is 14.5. The highest BCUT2D eigenvalue weighted by molar-refractivity contribution is 6.30. The van der Waals surface area contributed by atoms with Gasteiger partial charge in [0.15, 0.2) is 6.10 Å². The van der Waals surface area contributed by atoms with E-state index >= 15 is 0 Å². The second-order valence-corrected chi connectivity index (χ2v) is 4.84. The third kappa shape index (κ3) is 3.36. The maximum atomic E-state index is 12.2. The molecular formula is C16H15ClO2. The quantitative estimate of drug-likeness (QED) is 0.777. The molecule has 0 aliphatic heterocycles. The predicted molar refractivity (Wildman–Crippen MR) is 77.1 cm³/mol. The molecule has 0 amide bonds. The molecule has 0 aliphatic rings. The molecule has 2 rings (SSSR count). The van der Waals surface area contributed by atoms with Crippen molar-refractivity contribution in [3.8, 4) is 5.75 Å². The molecule has 0 saturated heterocycles. The SMILES string of the molecule is Cc1cc(Cl)ccc1OC(C)C(=O)c1ccccc1. The lowest BCUT2D eigenvalue weighted by molar-refractivity contribution is 0.0817. The molecule has 1 unspecified atom stereocenters. The number of aryl methyl sites for hydroxylation is 1. The van der Waals surface area contributed by atoms with Crippen LogP contribution in [-0.2, 0) is 0 Å². The van der Waals surface area contributed by atoms with E-state index in [-0.39, 0.29) is 5.78 Å². The van der Waals surface area contributed by atoms with Gasteiger partial charge in [0.2, 0.25) is 5.78 Å². The monoisotopic (exact) mass is 274 g/mol. The Hall–Kier alpha value is -1.80. The smallest absolute Gasteiger partial charge is 0.202 e. The molecule has 1 atom stereocenters. The first-order chi connectivity index (χ1) is 9.08. The maximum Gasteiger partial charge on any atom is 0.202 e. The number of benzene rings is 2. The molecule has 98 valence electrons. The molecular weight excluding hydrogens is 260 g/mol. The average molecular weight is 275 g/mol. The minimum atomic E-state index is -0.526. The fourth-order valence-corrected chi connectivity index (χ4v) is 2.05. The van der Waals surface area contributed by atoms with Gasteiger partial charge in [-0.05, 0) is 37.6 Å². The van der Waals surface area contributed by atoms with Gasteiger partial charge in [-0.2, -0.15) is 0 Å². The van der Waals surface area contributed by atoms with Gasteiger partial charge in [0.05, 0.1) is 0 Å². The molecule has 0 saturated carbocycles. The fourth-order valence-electron chi connectivity index (χ4n) is 1.83. The summed E-state index contributed by atoms with van der Waals surface area (Å²) < 4.78 is 5.71. The van der Waals surface area contributed by atoms with E-state index in [4.69, 9.17) is 16.3 Å². The second kappa shape index (κ2) is 5.89. The number of halogens is 1. The van der Waals surface area contributed by atoms with Gasteiger partial charge in [0, 0.05) is 10.6 Å². The molecule has 0 bridgehead atoms. The lowest BCUT2D eigenvalue weighted by Crippen LogP contribution is -2.24. The Labute approximate surface area is 118 Å². The molecule has 19 heavy (non-hydrogen) atoms. The van der Waals surface area contributed by atoms with Gasteiger partial charge in [-0.25, -0.2) is 0 Å². The molecule has 0 fully saturated rings. The van der Waals surface area contributed by atoms with Crippen LogP contribution in [0.1, 0.15) is 22.8 Å². The van der Waals surface area contributed by atoms with Crippen molar-refractivity contribution >= 4 is 17.4 Å². The average Bonchev–Trinajstić information content (AvgIpc) is 2.42. The minimum absolute atomic E-state index is 0.0325. The topological polar surface area (TPSA) is 26.3 Å². The highest BCUT2D eigenvalue weighted by Crippen LogP contribution is 2.23. The minimum Gasteiger partial charge on any atom is -0.482 e. The Morgan fingerprint density at radius 2 is 1.84 bits per heavy atom. The van der Waals surface area contributed by atoms with Gasteiger partial charge < -0.3 is 4.74 Å². The first-order valence-electron chi connectivity index (χ1n) is 6.10. The Balaban J connectivity index is 2.13. The van der Waals surface area contributed by atoms with E-state index in [2.05, 4.69) is 0 Å². The van der Waals surface area contributed by atoms with Crippen LogP contribution >= 0.6 is 11.6 Å². The van der Waals surface area contributed by atoms with Crippen LogP contribution in [0.5, 0.6) is 5.75 Å². The van der Waals surface area contributed by atoms with Gasteiger partial charge in [-0.1, -0.05) is 41.9 Å². The van der Waals surface area contributed by atoms with Crippen LogP contribution in [0.15, 0.2) is 48.5 Å². The lowest BCUT2D eigenvalue weighted by Gasteiger charge is -2.15. The van der Waals surface area contributed by atoms with Crippen LogP contribution < -0.4 is 4.74 Å². The number of hydrogen-bond donors (Lipinski definition) is 0. The van der Waals surface area contributed by atoms with E-state index in [1.165, 1.54) is 0 Å². The lowest BCUT2D eigenvalue weighted by atomic mass is 10.1. The number of hydrogen-bond acceptors (Lipinski definition) is 2. The molecule has 0 spiro atoms. The Morgan fingerprint density at radius 3 is 2.47 bits per heavy atom. The molecule has 2 aromatic carbocycles. The number of carbonyl (C=O) groups is 1. The van der Waals surface area contributed by atoms with Gasteiger partial charge >= 0.3 is 0 Å². The molecule has 0 radical (unpaired) electrons. The van der Waals surface area contributed by atoms with Crippen LogP contribution in [0.2, 0.25) is 5.02 Å². The van der Waals surface area contributed by atoms with Crippen molar-refractivity contribution in [3.63, 3.8) is 0 Å². The first-order valence-corrected chi connectivity index (χ1v) is 6.48. The summed E-state index contributed by atoms with van der Waals surface area (Å²) in [4.78, 5) is 12.2. The van der Waals surface area contributed by atoms with Gasteiger partial charge in [0.1, 0.15) is 5.75 Å². The van der Waals surface area contributed by atoms with Crippen LogP contribution in [0.25, 0.3) is 0 Å². The zero-order valence-corrected chi connectivity index (χ0v) is 11.6. The van der Waals surface area contributed by atoms with Gasteiger partial charge in [0.25, 0.3) is 0 Å². The normalized spacial score (nSPS) is 11.9. The summed E-state index contributed by atoms with van der Waals surface area (Å²) in [7, 11) is 0. The van der Waals surface area contributed by atoms with Crippen molar-refractivity contribution in [1.29, 1.82) is 0 Å². The number of ether oxygens (including phenoxy) is 1. The summed E-state index contributed by atoms with van der Waals surface area (Å²) in [5, 5.41) is 0.659. The van der Waals surface area contributed by atoms with Crippen molar-refractivity contribution < 1.29 is 9.53 Å². The molecule has 2 aromatic rings. The summed E-state index contributed by atoms with van der Waals surface area (Å²) in [6.45, 7) is 3.66. The zero-order valence-electron chi connectivity index (χ0n) is 10.9. The highest BCUT2D eigenvalue weighted by Gasteiger charge is 2.17. The van der Waals surface area contributed by atoms with Crippen molar-refractivity contribution in [3.05, 3.63) is 64.7 Å². The molecule has 0 N–H and O–H groups in total. The Morgan fingerprint density at radius 1 is 1.16 bits per heavy atom. The fraction of sp³-hybridized carbons (Fsp3) is 0.188. The molecule has 0 aromatic heterocycles. The van der Waals surface area contributed by atoms with Crippen LogP contribution in [0, 0.1) is 6.92 Å². The highest BCUT2D eigenvalue weighted by atomic mass is 35.5. The van der Waals surface area contributed by atoms with Crippen molar-refractivity contribution in [2.75, 3.05) is 0 Å². The number of rotatable bonds is 4. The third-order valence-corrected chi connectivity index (χ3v) is 3.10. The summed E-state index contributed by atoms with van der Waals surface area (Å²) in [5.41, 5.74) is 1.57. The van der Waals surface area contributed by atoms with E-state index in [0.29, 0.717) is 16.3 Å². The van der Waals surface area contributed by atoms with E-state index < -0.39 is 6.10 Å². The Bertz CT molecular complexity index is 579.